The van der Waals surface area contributed by atoms with Gasteiger partial charge >= 0.3 is 0 Å². The molecule has 1 fully saturated rings. The lowest BCUT2D eigenvalue weighted by atomic mass is 9.97. The summed E-state index contributed by atoms with van der Waals surface area (Å²) in [4.78, 5) is 36.4. The summed E-state index contributed by atoms with van der Waals surface area (Å²) >= 11 is 1.28. The van der Waals surface area contributed by atoms with Crippen molar-refractivity contribution in [2.45, 2.75) is 19.8 Å². The molecule has 0 spiro atoms. The molecule has 1 aliphatic rings. The summed E-state index contributed by atoms with van der Waals surface area (Å²) in [5, 5.41) is 3.89. The van der Waals surface area contributed by atoms with Gasteiger partial charge in [0, 0.05) is 25.3 Å². The predicted octanol–water partition coefficient (Wildman–Crippen LogP) is 2.96. The Morgan fingerprint density at radius 1 is 1.38 bits per heavy atom. The number of para-hydroxylation sites is 1. The van der Waals surface area contributed by atoms with E-state index in [1.165, 1.54) is 11.5 Å². The lowest BCUT2D eigenvalue weighted by Gasteiger charge is -2.35. The third kappa shape index (κ3) is 5.02. The summed E-state index contributed by atoms with van der Waals surface area (Å²) in [6.07, 6.45) is 4.46. The Kier molecular flexibility index (Phi) is 6.60. The van der Waals surface area contributed by atoms with Crippen molar-refractivity contribution in [1.82, 2.24) is 14.3 Å². The maximum Gasteiger partial charge on any atom is 0.271 e. The number of hydrogen-bond donors (Lipinski definition) is 2. The first-order valence-electron chi connectivity index (χ1n) is 10.4. The molecule has 166 valence electrons. The van der Waals surface area contributed by atoms with Crippen molar-refractivity contribution in [3.8, 4) is 0 Å². The van der Waals surface area contributed by atoms with Gasteiger partial charge in [-0.25, -0.2) is 9.97 Å². The van der Waals surface area contributed by atoms with Crippen LogP contribution < -0.4 is 20.9 Å². The van der Waals surface area contributed by atoms with Crippen LogP contribution >= 0.6 is 11.5 Å². The molecular weight excluding hydrogens is 426 g/mol. The molecular formula is C22H25N7O2S. The van der Waals surface area contributed by atoms with Crippen LogP contribution in [-0.4, -0.2) is 46.3 Å². The van der Waals surface area contributed by atoms with Crippen LogP contribution in [0.1, 0.15) is 29.0 Å². The SMILES string of the molecule is Cc1cc(Nc2nc(N3CCCC(CN(C=O)c4ccccc4)C3)cnc2C(N)=O)sn1. The van der Waals surface area contributed by atoms with Gasteiger partial charge in [-0.3, -0.25) is 9.59 Å². The molecule has 1 aromatic carbocycles. The molecule has 0 bridgehead atoms. The number of benzene rings is 1. The number of hydrogen-bond acceptors (Lipinski definition) is 8. The molecule has 2 amide bonds. The van der Waals surface area contributed by atoms with Gasteiger partial charge in [-0.1, -0.05) is 18.2 Å². The van der Waals surface area contributed by atoms with Gasteiger partial charge in [0.2, 0.25) is 6.41 Å². The minimum Gasteiger partial charge on any atom is -0.364 e. The highest BCUT2D eigenvalue weighted by molar-refractivity contribution is 7.10. The summed E-state index contributed by atoms with van der Waals surface area (Å²) in [7, 11) is 0. The van der Waals surface area contributed by atoms with Crippen LogP contribution in [0.4, 0.5) is 22.3 Å². The van der Waals surface area contributed by atoms with E-state index in [9.17, 15) is 9.59 Å². The summed E-state index contributed by atoms with van der Waals surface area (Å²) in [6, 6.07) is 11.5. The molecule has 0 saturated carbocycles. The fraction of sp³-hybridized carbons (Fsp3) is 0.318. The van der Waals surface area contributed by atoms with Gasteiger partial charge in [0.15, 0.2) is 11.5 Å². The number of amides is 2. The van der Waals surface area contributed by atoms with E-state index in [1.807, 2.05) is 43.3 Å². The van der Waals surface area contributed by atoms with Crippen molar-refractivity contribution in [2.24, 2.45) is 11.7 Å². The van der Waals surface area contributed by atoms with E-state index in [4.69, 9.17) is 5.73 Å². The predicted molar refractivity (Wildman–Crippen MR) is 125 cm³/mol. The fourth-order valence-corrected chi connectivity index (χ4v) is 4.53. The van der Waals surface area contributed by atoms with Crippen LogP contribution in [0.15, 0.2) is 42.6 Å². The minimum atomic E-state index is -0.645. The normalized spacial score (nSPS) is 15.9. The number of primary amides is 1. The van der Waals surface area contributed by atoms with Gasteiger partial charge in [0.05, 0.1) is 11.9 Å². The molecule has 2 aromatic heterocycles. The summed E-state index contributed by atoms with van der Waals surface area (Å²) < 4.78 is 4.24. The van der Waals surface area contributed by atoms with Crippen molar-refractivity contribution < 1.29 is 9.59 Å². The number of nitrogens with two attached hydrogens (primary N) is 1. The highest BCUT2D eigenvalue weighted by Crippen LogP contribution is 2.27. The van der Waals surface area contributed by atoms with Crippen LogP contribution in [-0.2, 0) is 4.79 Å². The number of aromatic nitrogens is 3. The molecule has 1 atom stereocenters. The number of anilines is 4. The molecule has 10 heteroatoms. The number of piperidine rings is 1. The number of aryl methyl sites for hydroxylation is 1. The van der Waals surface area contributed by atoms with Crippen molar-refractivity contribution in [1.29, 1.82) is 0 Å². The van der Waals surface area contributed by atoms with Crippen molar-refractivity contribution in [3.05, 3.63) is 54.0 Å². The van der Waals surface area contributed by atoms with Crippen LogP contribution in [0.2, 0.25) is 0 Å². The summed E-state index contributed by atoms with van der Waals surface area (Å²) in [5.41, 5.74) is 7.35. The van der Waals surface area contributed by atoms with Gasteiger partial charge in [-0.15, -0.1) is 0 Å². The van der Waals surface area contributed by atoms with Gasteiger partial charge in [0.25, 0.3) is 5.91 Å². The standard InChI is InChI=1S/C22H25N7O2S/c1-15-10-19(32-27-15)26-22-20(21(23)31)24-11-18(25-22)28-9-5-6-16(12-28)13-29(14-30)17-7-3-2-4-8-17/h2-4,7-8,10-11,14,16H,5-6,9,12-13H2,1H3,(H2,23,31)(H,25,26). The van der Waals surface area contributed by atoms with Crippen molar-refractivity contribution in [3.63, 3.8) is 0 Å². The van der Waals surface area contributed by atoms with Crippen molar-refractivity contribution in [2.75, 3.05) is 34.8 Å². The Balaban J connectivity index is 1.51. The molecule has 3 N–H and O–H groups in total. The highest BCUT2D eigenvalue weighted by Gasteiger charge is 2.25. The Bertz CT molecular complexity index is 1090. The smallest absolute Gasteiger partial charge is 0.271 e. The molecule has 3 aromatic rings. The van der Waals surface area contributed by atoms with Gasteiger partial charge < -0.3 is 20.9 Å². The lowest BCUT2D eigenvalue weighted by Crippen LogP contribution is -2.41. The van der Waals surface area contributed by atoms with E-state index in [0.717, 1.165) is 48.7 Å². The second-order valence-electron chi connectivity index (χ2n) is 7.79. The van der Waals surface area contributed by atoms with Crippen LogP contribution in [0.25, 0.3) is 0 Å². The molecule has 1 unspecified atom stereocenters. The maximum atomic E-state index is 11.9. The molecule has 1 aliphatic heterocycles. The van der Waals surface area contributed by atoms with Crippen LogP contribution in [0.3, 0.4) is 0 Å². The average molecular weight is 452 g/mol. The molecule has 4 rings (SSSR count). The largest absolute Gasteiger partial charge is 0.364 e. The molecule has 0 radical (unpaired) electrons. The number of rotatable bonds is 8. The third-order valence-corrected chi connectivity index (χ3v) is 6.17. The zero-order chi connectivity index (χ0) is 22.5. The number of carbonyl (C=O) groups is 2. The van der Waals surface area contributed by atoms with E-state index < -0.39 is 5.91 Å². The third-order valence-electron chi connectivity index (χ3n) is 5.38. The summed E-state index contributed by atoms with van der Waals surface area (Å²) in [5.74, 6) is 0.626. The minimum absolute atomic E-state index is 0.0876. The first-order chi connectivity index (χ1) is 15.5. The van der Waals surface area contributed by atoms with Crippen molar-refractivity contribution >= 4 is 46.2 Å². The zero-order valence-electron chi connectivity index (χ0n) is 17.8. The number of carbonyl (C=O) groups excluding carboxylic acids is 2. The first-order valence-corrected chi connectivity index (χ1v) is 11.2. The lowest BCUT2D eigenvalue weighted by molar-refractivity contribution is -0.107. The maximum absolute atomic E-state index is 11.9. The average Bonchev–Trinajstić information content (AvgIpc) is 3.22. The van der Waals surface area contributed by atoms with E-state index in [-0.39, 0.29) is 11.6 Å². The molecule has 3 heterocycles. The zero-order valence-corrected chi connectivity index (χ0v) is 18.6. The second kappa shape index (κ2) is 9.73. The monoisotopic (exact) mass is 451 g/mol. The van der Waals surface area contributed by atoms with E-state index in [2.05, 4.69) is 24.6 Å². The molecule has 9 nitrogen and oxygen atoms in total. The number of nitrogens with one attached hydrogen (secondary N) is 1. The fourth-order valence-electron chi connectivity index (χ4n) is 3.87. The Morgan fingerprint density at radius 3 is 2.88 bits per heavy atom. The van der Waals surface area contributed by atoms with E-state index >= 15 is 0 Å². The Hall–Kier alpha value is -3.53. The Labute approximate surface area is 190 Å². The van der Waals surface area contributed by atoms with Crippen LogP contribution in [0.5, 0.6) is 0 Å². The number of nitrogens with zero attached hydrogens (tertiary/aromatic N) is 5. The van der Waals surface area contributed by atoms with E-state index in [1.54, 1.807) is 11.1 Å². The topological polar surface area (TPSA) is 117 Å². The Morgan fingerprint density at radius 2 is 2.19 bits per heavy atom. The molecule has 0 aliphatic carbocycles. The molecule has 32 heavy (non-hydrogen) atoms. The summed E-state index contributed by atoms with van der Waals surface area (Å²) in [6.45, 7) is 4.08. The second-order valence-corrected chi connectivity index (χ2v) is 8.60. The molecule has 1 saturated heterocycles. The van der Waals surface area contributed by atoms with E-state index in [0.29, 0.717) is 18.2 Å². The van der Waals surface area contributed by atoms with Crippen LogP contribution in [0, 0.1) is 12.8 Å². The quantitative estimate of drug-likeness (QED) is 0.506. The van der Waals surface area contributed by atoms with Gasteiger partial charge in [-0.2, -0.15) is 4.37 Å². The van der Waals surface area contributed by atoms with Gasteiger partial charge in [-0.05, 0) is 55.4 Å². The van der Waals surface area contributed by atoms with Gasteiger partial charge in [0.1, 0.15) is 10.8 Å². The highest BCUT2D eigenvalue weighted by atomic mass is 32.1. The first kappa shape index (κ1) is 21.7.